The van der Waals surface area contributed by atoms with Gasteiger partial charge < -0.3 is 10.4 Å². The van der Waals surface area contributed by atoms with Gasteiger partial charge in [0, 0.05) is 6.42 Å². The molecule has 1 amide bonds. The molecule has 8 heteroatoms. The first-order chi connectivity index (χ1) is 12.0. The number of amides is 1. The van der Waals surface area contributed by atoms with E-state index in [0.717, 1.165) is 17.5 Å². The number of benzene rings is 1. The zero-order valence-corrected chi connectivity index (χ0v) is 13.5. The predicted octanol–water partition coefficient (Wildman–Crippen LogP) is 0.449. The van der Waals surface area contributed by atoms with Gasteiger partial charge in [-0.1, -0.05) is 25.0 Å². The van der Waals surface area contributed by atoms with Gasteiger partial charge in [-0.05, 0) is 24.5 Å². The number of carboxylic acids is 1. The zero-order valence-electron chi connectivity index (χ0n) is 13.5. The normalized spacial score (nSPS) is 15.0. The summed E-state index contributed by atoms with van der Waals surface area (Å²) in [7, 11) is 0. The van der Waals surface area contributed by atoms with Gasteiger partial charge in [-0.15, -0.1) is 0 Å². The van der Waals surface area contributed by atoms with Crippen molar-refractivity contribution in [2.45, 2.75) is 38.3 Å². The van der Waals surface area contributed by atoms with Crippen LogP contribution in [-0.2, 0) is 16.1 Å². The molecule has 3 N–H and O–H groups in total. The summed E-state index contributed by atoms with van der Waals surface area (Å²) in [4.78, 5) is 47.6. The Morgan fingerprint density at radius 1 is 1.24 bits per heavy atom. The molecule has 0 saturated heterocycles. The van der Waals surface area contributed by atoms with E-state index in [9.17, 15) is 19.2 Å². The molecule has 25 heavy (non-hydrogen) atoms. The summed E-state index contributed by atoms with van der Waals surface area (Å²) in [5.74, 6) is -1.16. The highest BCUT2D eigenvalue weighted by atomic mass is 16.4. The molecule has 1 aromatic carbocycles. The van der Waals surface area contributed by atoms with E-state index in [1.807, 2.05) is 0 Å². The van der Waals surface area contributed by atoms with Crippen molar-refractivity contribution in [3.05, 3.63) is 45.0 Å². The number of carbonyl (C=O) groups excluding carboxylic acids is 1. The van der Waals surface area contributed by atoms with Gasteiger partial charge in [-0.25, -0.2) is 9.48 Å². The number of aromatic nitrogens is 2. The quantitative estimate of drug-likeness (QED) is 0.673. The molecule has 1 aromatic heterocycles. The largest absolute Gasteiger partial charge is 0.480 e. The van der Waals surface area contributed by atoms with Crippen LogP contribution < -0.4 is 16.4 Å². The van der Waals surface area contributed by atoms with Gasteiger partial charge >= 0.3 is 5.97 Å². The smallest absolute Gasteiger partial charge is 0.326 e. The Balaban J connectivity index is 1.68. The van der Waals surface area contributed by atoms with Gasteiger partial charge in [0.1, 0.15) is 6.04 Å². The molecule has 1 aliphatic carbocycles. The summed E-state index contributed by atoms with van der Waals surface area (Å²) in [6, 6.07) is 5.53. The van der Waals surface area contributed by atoms with Crippen molar-refractivity contribution in [3.63, 3.8) is 0 Å². The number of H-pyrrole nitrogens is 1. The molecule has 8 nitrogen and oxygen atoms in total. The fraction of sp³-hybridized carbons (Fsp3) is 0.412. The van der Waals surface area contributed by atoms with E-state index in [1.165, 1.54) is 0 Å². The first-order valence-electron chi connectivity index (χ1n) is 8.19. The van der Waals surface area contributed by atoms with E-state index in [0.29, 0.717) is 17.7 Å². The number of rotatable bonds is 7. The van der Waals surface area contributed by atoms with Crippen molar-refractivity contribution in [2.75, 3.05) is 0 Å². The third-order valence-corrected chi connectivity index (χ3v) is 4.35. The van der Waals surface area contributed by atoms with Crippen LogP contribution in [0, 0.1) is 5.92 Å². The number of aromatic amines is 1. The Hall–Kier alpha value is -2.90. The van der Waals surface area contributed by atoms with Gasteiger partial charge in [0.25, 0.3) is 11.1 Å². The van der Waals surface area contributed by atoms with Crippen LogP contribution >= 0.6 is 0 Å². The van der Waals surface area contributed by atoms with Gasteiger partial charge in [0.05, 0.1) is 17.3 Å². The number of hydrogen-bond acceptors (Lipinski definition) is 4. The first kappa shape index (κ1) is 16.9. The third-order valence-electron chi connectivity index (χ3n) is 4.35. The maximum Gasteiger partial charge on any atom is 0.326 e. The van der Waals surface area contributed by atoms with Crippen molar-refractivity contribution >= 4 is 22.6 Å². The van der Waals surface area contributed by atoms with E-state index < -0.39 is 29.0 Å². The second-order valence-corrected chi connectivity index (χ2v) is 6.33. The Morgan fingerprint density at radius 3 is 2.56 bits per heavy atom. The molecule has 0 bridgehead atoms. The molecule has 132 valence electrons. The number of fused-ring (bicyclic) bond motifs is 1. The highest BCUT2D eigenvalue weighted by molar-refractivity contribution is 5.83. The van der Waals surface area contributed by atoms with Gasteiger partial charge in [-0.3, -0.25) is 19.5 Å². The number of carboxylic acid groups (broad SMARTS) is 1. The third kappa shape index (κ3) is 3.96. The van der Waals surface area contributed by atoms with Crippen molar-refractivity contribution < 1.29 is 14.7 Å². The lowest BCUT2D eigenvalue weighted by atomic mass is 10.1. The number of aryl methyl sites for hydroxylation is 1. The van der Waals surface area contributed by atoms with Crippen molar-refractivity contribution in [3.8, 4) is 0 Å². The Morgan fingerprint density at radius 2 is 1.92 bits per heavy atom. The molecule has 1 fully saturated rings. The summed E-state index contributed by atoms with van der Waals surface area (Å²) >= 11 is 0. The minimum Gasteiger partial charge on any atom is -0.480 e. The summed E-state index contributed by atoms with van der Waals surface area (Å²) < 4.78 is 1.08. The fourth-order valence-electron chi connectivity index (χ4n) is 2.79. The van der Waals surface area contributed by atoms with Crippen LogP contribution in [0.25, 0.3) is 10.8 Å². The Kier molecular flexibility index (Phi) is 4.69. The minimum atomic E-state index is -1.06. The average Bonchev–Trinajstić information content (AvgIpc) is 3.40. The van der Waals surface area contributed by atoms with E-state index in [2.05, 4.69) is 10.4 Å². The molecule has 1 unspecified atom stereocenters. The van der Waals surface area contributed by atoms with Crippen LogP contribution in [0.4, 0.5) is 0 Å². The number of hydrogen-bond donors (Lipinski definition) is 3. The fourth-order valence-corrected chi connectivity index (χ4v) is 2.79. The van der Waals surface area contributed by atoms with Crippen LogP contribution in [0.1, 0.15) is 25.7 Å². The molecule has 1 saturated carbocycles. The second-order valence-electron chi connectivity index (χ2n) is 6.33. The number of carbonyl (C=O) groups is 2. The summed E-state index contributed by atoms with van der Waals surface area (Å²) in [5.41, 5.74) is -0.802. The van der Waals surface area contributed by atoms with E-state index in [-0.39, 0.29) is 18.4 Å². The Labute approximate surface area is 142 Å². The molecular formula is C17H19N3O5. The molecule has 1 aliphatic rings. The molecule has 0 radical (unpaired) electrons. The number of nitrogens with one attached hydrogen (secondary N) is 2. The van der Waals surface area contributed by atoms with Crippen molar-refractivity contribution in [2.24, 2.45) is 5.92 Å². The molecule has 0 spiro atoms. The SMILES string of the molecule is O=C(CCn1[nH]c(=O)c2ccccc2c1=O)NC(CC1CC1)C(=O)O. The molecule has 1 heterocycles. The van der Waals surface area contributed by atoms with Gasteiger partial charge in [-0.2, -0.15) is 0 Å². The molecule has 3 rings (SSSR count). The molecule has 2 aromatic rings. The predicted molar refractivity (Wildman–Crippen MR) is 90.4 cm³/mol. The summed E-state index contributed by atoms with van der Waals surface area (Å²) in [6.45, 7) is -0.0273. The lowest BCUT2D eigenvalue weighted by molar-refractivity contribution is -0.142. The number of nitrogens with zero attached hydrogens (tertiary/aromatic N) is 1. The standard InChI is InChI=1S/C17H19N3O5/c21-14(18-13(17(24)25)9-10-5-6-10)7-8-20-16(23)12-4-2-1-3-11(12)15(22)19-20/h1-4,10,13H,5-9H2,(H,18,21)(H,19,22)(H,24,25). The topological polar surface area (TPSA) is 121 Å². The molecular weight excluding hydrogens is 326 g/mol. The van der Waals surface area contributed by atoms with Gasteiger partial charge in [0.2, 0.25) is 5.91 Å². The van der Waals surface area contributed by atoms with E-state index in [1.54, 1.807) is 24.3 Å². The zero-order chi connectivity index (χ0) is 18.0. The van der Waals surface area contributed by atoms with Crippen LogP contribution in [0.2, 0.25) is 0 Å². The lowest BCUT2D eigenvalue weighted by Crippen LogP contribution is -2.42. The molecule has 1 atom stereocenters. The maximum absolute atomic E-state index is 12.3. The highest BCUT2D eigenvalue weighted by Crippen LogP contribution is 2.33. The van der Waals surface area contributed by atoms with Crippen LogP contribution in [0.5, 0.6) is 0 Å². The summed E-state index contributed by atoms with van der Waals surface area (Å²) in [6.07, 6.45) is 2.32. The monoisotopic (exact) mass is 345 g/mol. The van der Waals surface area contributed by atoms with E-state index in [4.69, 9.17) is 5.11 Å². The highest BCUT2D eigenvalue weighted by Gasteiger charge is 2.30. The van der Waals surface area contributed by atoms with Crippen LogP contribution in [0.3, 0.4) is 0 Å². The molecule has 0 aliphatic heterocycles. The average molecular weight is 345 g/mol. The van der Waals surface area contributed by atoms with Crippen molar-refractivity contribution in [1.82, 2.24) is 15.1 Å². The lowest BCUT2D eigenvalue weighted by Gasteiger charge is -2.14. The Bertz CT molecular complexity index is 926. The second kappa shape index (κ2) is 6.92. The van der Waals surface area contributed by atoms with Crippen LogP contribution in [-0.4, -0.2) is 32.8 Å². The maximum atomic E-state index is 12.3. The van der Waals surface area contributed by atoms with Gasteiger partial charge in [0.15, 0.2) is 0 Å². The minimum absolute atomic E-state index is 0.0273. The van der Waals surface area contributed by atoms with Crippen molar-refractivity contribution in [1.29, 1.82) is 0 Å². The number of aliphatic carboxylic acids is 1. The first-order valence-corrected chi connectivity index (χ1v) is 8.19. The van der Waals surface area contributed by atoms with Crippen LogP contribution in [0.15, 0.2) is 33.9 Å². The summed E-state index contributed by atoms with van der Waals surface area (Å²) in [5, 5.41) is 14.7. The van der Waals surface area contributed by atoms with E-state index >= 15 is 0 Å².